The van der Waals surface area contributed by atoms with Crippen LogP contribution in [-0.2, 0) is 11.5 Å². The van der Waals surface area contributed by atoms with Crippen molar-refractivity contribution in [1.29, 1.82) is 0 Å². The van der Waals surface area contributed by atoms with Gasteiger partial charge < -0.3 is 20.0 Å². The zero-order valence-electron chi connectivity index (χ0n) is 14.4. The third-order valence-electron chi connectivity index (χ3n) is 4.04. The van der Waals surface area contributed by atoms with Crippen LogP contribution in [0.25, 0.3) is 11.5 Å². The first-order valence-electron chi connectivity index (χ1n) is 8.44. The van der Waals surface area contributed by atoms with Crippen molar-refractivity contribution in [3.63, 3.8) is 0 Å². The molecule has 0 aliphatic carbocycles. The molecule has 138 valence electrons. The number of hydrogen-bond acceptors (Lipinski definition) is 7. The first-order chi connectivity index (χ1) is 13.2. The quantitative estimate of drug-likeness (QED) is 0.713. The number of alkyl halides is 1. The number of carbonyl (C=O) groups is 1. The van der Waals surface area contributed by atoms with Crippen molar-refractivity contribution in [3.05, 3.63) is 48.3 Å². The minimum atomic E-state index is -0.548. The largest absolute Gasteiger partial charge is 0.422 e. The summed E-state index contributed by atoms with van der Waals surface area (Å²) in [5.74, 6) is 1.58. The van der Waals surface area contributed by atoms with Gasteiger partial charge in [0.25, 0.3) is 6.01 Å². The minimum absolute atomic E-state index is 0.0587. The molecular weight excluding hydrogens is 351 g/mol. The summed E-state index contributed by atoms with van der Waals surface area (Å²) in [5, 5.41) is 5.83. The molecule has 4 rings (SSSR count). The van der Waals surface area contributed by atoms with Crippen molar-refractivity contribution < 1.29 is 13.6 Å². The molecule has 0 radical (unpaired) electrons. The summed E-state index contributed by atoms with van der Waals surface area (Å²) >= 11 is 0. The van der Waals surface area contributed by atoms with Crippen molar-refractivity contribution in [2.45, 2.75) is 6.67 Å². The number of anilines is 3. The van der Waals surface area contributed by atoms with Gasteiger partial charge in [0.2, 0.25) is 5.91 Å². The lowest BCUT2D eigenvalue weighted by Crippen LogP contribution is -2.47. The highest BCUT2D eigenvalue weighted by Crippen LogP contribution is 2.25. The van der Waals surface area contributed by atoms with Gasteiger partial charge in [-0.05, 0) is 18.2 Å². The highest BCUT2D eigenvalue weighted by molar-refractivity contribution is 5.81. The van der Waals surface area contributed by atoms with Crippen LogP contribution in [0.2, 0.25) is 0 Å². The Balaban J connectivity index is 1.51. The molecule has 0 atom stereocenters. The molecule has 0 spiro atoms. The molecule has 3 aromatic rings. The van der Waals surface area contributed by atoms with Gasteiger partial charge in [-0.15, -0.1) is 0 Å². The Morgan fingerprint density at radius 3 is 2.89 bits per heavy atom. The second kappa shape index (κ2) is 7.40. The van der Waals surface area contributed by atoms with Crippen molar-refractivity contribution >= 4 is 23.6 Å². The molecule has 1 aliphatic rings. The van der Waals surface area contributed by atoms with Crippen molar-refractivity contribution in [2.24, 2.45) is 0 Å². The summed E-state index contributed by atoms with van der Waals surface area (Å²) in [5.41, 5.74) is 1.11. The Bertz CT molecular complexity index is 943. The first-order valence-corrected chi connectivity index (χ1v) is 8.44. The van der Waals surface area contributed by atoms with E-state index in [0.717, 1.165) is 0 Å². The van der Waals surface area contributed by atoms with Crippen molar-refractivity contribution in [2.75, 3.05) is 29.9 Å². The van der Waals surface area contributed by atoms with Crippen molar-refractivity contribution in [3.8, 4) is 11.5 Å². The predicted octanol–water partition coefficient (Wildman–Crippen LogP) is 2.28. The van der Waals surface area contributed by atoms with Gasteiger partial charge in [-0.25, -0.2) is 19.3 Å². The Morgan fingerprint density at radius 2 is 2.11 bits per heavy atom. The van der Waals surface area contributed by atoms with Gasteiger partial charge in [-0.1, -0.05) is 12.1 Å². The maximum Gasteiger partial charge on any atom is 0.298 e. The maximum atomic E-state index is 12.6. The molecule has 9 heteroatoms. The summed E-state index contributed by atoms with van der Waals surface area (Å²) in [6, 6.07) is 9.17. The second-order valence-corrected chi connectivity index (χ2v) is 6.00. The number of carbonyl (C=O) groups excluding carboxylic acids is 1. The van der Waals surface area contributed by atoms with Gasteiger partial charge >= 0.3 is 0 Å². The smallest absolute Gasteiger partial charge is 0.298 e. The van der Waals surface area contributed by atoms with E-state index in [0.29, 0.717) is 47.8 Å². The second-order valence-electron chi connectivity index (χ2n) is 6.00. The predicted molar refractivity (Wildman–Crippen MR) is 97.3 cm³/mol. The number of nitrogens with one attached hydrogen (secondary N) is 2. The zero-order valence-corrected chi connectivity index (χ0v) is 14.4. The van der Waals surface area contributed by atoms with Gasteiger partial charge in [-0.2, -0.15) is 0 Å². The van der Waals surface area contributed by atoms with Crippen LogP contribution in [0.1, 0.15) is 5.56 Å². The van der Waals surface area contributed by atoms with Gasteiger partial charge in [0.15, 0.2) is 5.76 Å². The lowest BCUT2D eigenvalue weighted by atomic mass is 10.3. The van der Waals surface area contributed by atoms with Crippen LogP contribution < -0.4 is 15.5 Å². The van der Waals surface area contributed by atoms with Gasteiger partial charge in [0.1, 0.15) is 30.5 Å². The molecule has 1 saturated heterocycles. The summed E-state index contributed by atoms with van der Waals surface area (Å²) in [4.78, 5) is 26.2. The number of amides is 1. The molecular formula is C18H17FN6O2. The molecule has 0 unspecified atom stereocenters. The Morgan fingerprint density at radius 1 is 1.19 bits per heavy atom. The number of pyridine rings is 2. The van der Waals surface area contributed by atoms with Crippen LogP contribution in [0, 0.1) is 0 Å². The fourth-order valence-corrected chi connectivity index (χ4v) is 2.68. The van der Waals surface area contributed by atoms with Crippen LogP contribution in [0.3, 0.4) is 0 Å². The lowest BCUT2D eigenvalue weighted by molar-refractivity contribution is -0.120. The van der Waals surface area contributed by atoms with E-state index in [1.165, 1.54) is 6.20 Å². The van der Waals surface area contributed by atoms with Crippen LogP contribution in [0.5, 0.6) is 0 Å². The Labute approximate surface area is 154 Å². The highest BCUT2D eigenvalue weighted by atomic mass is 19.1. The van der Waals surface area contributed by atoms with Crippen LogP contribution in [0.4, 0.5) is 22.0 Å². The topological polar surface area (TPSA) is 96.2 Å². The lowest BCUT2D eigenvalue weighted by Gasteiger charge is -2.24. The van der Waals surface area contributed by atoms with Crippen LogP contribution >= 0.6 is 0 Å². The number of rotatable bonds is 5. The van der Waals surface area contributed by atoms with Gasteiger partial charge in [0, 0.05) is 24.8 Å². The minimum Gasteiger partial charge on any atom is -0.422 e. The molecule has 3 aromatic heterocycles. The Kier molecular flexibility index (Phi) is 4.65. The van der Waals surface area contributed by atoms with E-state index in [-0.39, 0.29) is 12.5 Å². The first kappa shape index (κ1) is 17.0. The molecule has 4 heterocycles. The van der Waals surface area contributed by atoms with E-state index in [2.05, 4.69) is 25.6 Å². The maximum absolute atomic E-state index is 12.6. The van der Waals surface area contributed by atoms with E-state index in [1.807, 2.05) is 6.07 Å². The summed E-state index contributed by atoms with van der Waals surface area (Å²) in [6.45, 7) is 0.868. The van der Waals surface area contributed by atoms with E-state index < -0.39 is 6.67 Å². The van der Waals surface area contributed by atoms with Crippen molar-refractivity contribution in [1.82, 2.24) is 20.3 Å². The third-order valence-corrected chi connectivity index (χ3v) is 4.04. The molecule has 1 amide bonds. The van der Waals surface area contributed by atoms with E-state index >= 15 is 0 Å². The zero-order chi connectivity index (χ0) is 18.6. The molecule has 2 N–H and O–H groups in total. The third kappa shape index (κ3) is 3.86. The monoisotopic (exact) mass is 368 g/mol. The summed E-state index contributed by atoms with van der Waals surface area (Å²) < 4.78 is 18.3. The molecule has 8 nitrogen and oxygen atoms in total. The standard InChI is InChI=1S/C18H17FN6O2/c19-8-12-4-5-15(21-9-12)24-16-3-1-2-13(23-16)14-10-22-18(27-14)25-7-6-20-17(26)11-25/h1-5,9-10H,6-8,11H2,(H,20,26)(H,21,23,24). The molecule has 0 aromatic carbocycles. The normalized spacial score (nSPS) is 14.1. The van der Waals surface area contributed by atoms with Gasteiger partial charge in [-0.3, -0.25) is 4.79 Å². The van der Waals surface area contributed by atoms with Crippen LogP contribution in [0.15, 0.2) is 47.1 Å². The fraction of sp³-hybridized carbons (Fsp3) is 0.222. The van der Waals surface area contributed by atoms with E-state index in [9.17, 15) is 9.18 Å². The van der Waals surface area contributed by atoms with E-state index in [1.54, 1.807) is 35.4 Å². The number of piperazine rings is 1. The molecule has 27 heavy (non-hydrogen) atoms. The number of hydrogen-bond donors (Lipinski definition) is 2. The Hall–Kier alpha value is -3.49. The molecule has 1 aliphatic heterocycles. The number of aromatic nitrogens is 3. The summed E-state index contributed by atoms with van der Waals surface area (Å²) in [7, 11) is 0. The van der Waals surface area contributed by atoms with E-state index in [4.69, 9.17) is 4.42 Å². The fourth-order valence-electron chi connectivity index (χ4n) is 2.68. The number of nitrogens with zero attached hydrogens (tertiary/aromatic N) is 4. The molecule has 0 bridgehead atoms. The highest BCUT2D eigenvalue weighted by Gasteiger charge is 2.21. The summed E-state index contributed by atoms with van der Waals surface area (Å²) in [6.07, 6.45) is 3.06. The number of halogens is 1. The number of oxazole rings is 1. The molecule has 0 saturated carbocycles. The van der Waals surface area contributed by atoms with Crippen LogP contribution in [-0.4, -0.2) is 40.5 Å². The molecule has 1 fully saturated rings. The average molecular weight is 368 g/mol. The average Bonchev–Trinajstić information content (AvgIpc) is 3.19. The SMILES string of the molecule is O=C1CN(c2ncc(-c3cccc(Nc4ccc(CF)cn4)n3)o2)CCN1. The van der Waals surface area contributed by atoms with Gasteiger partial charge in [0.05, 0.1) is 6.20 Å².